The minimum Gasteiger partial charge on any atom is -0.461 e. The van der Waals surface area contributed by atoms with Gasteiger partial charge in [-0.2, -0.15) is 0 Å². The Morgan fingerprint density at radius 3 is 2.66 bits per heavy atom. The van der Waals surface area contributed by atoms with E-state index in [2.05, 4.69) is 33.8 Å². The van der Waals surface area contributed by atoms with Crippen molar-refractivity contribution in [3.05, 3.63) is 11.6 Å². The van der Waals surface area contributed by atoms with Gasteiger partial charge in [-0.1, -0.05) is 46.3 Å². The first-order valence-electron chi connectivity index (χ1n) is 14.5. The minimum atomic E-state index is -0.494. The monoisotopic (exact) mass is 486 g/mol. The molecule has 0 aromatic heterocycles. The Labute approximate surface area is 211 Å². The van der Waals surface area contributed by atoms with E-state index in [0.717, 1.165) is 45.1 Å². The molecule has 2 heterocycles. The van der Waals surface area contributed by atoms with E-state index in [1.165, 1.54) is 18.4 Å². The van der Waals surface area contributed by atoms with E-state index in [9.17, 15) is 9.90 Å². The highest BCUT2D eigenvalue weighted by molar-refractivity contribution is 5.69. The lowest BCUT2D eigenvalue weighted by Gasteiger charge is -2.61. The maximum atomic E-state index is 12.8. The standard InChI is InChI=1S/C30H46O5/c1-6-26(32)34-25-15-22-21(8-7-19-13-20(31)10-11-28(19,22)4)23-14-24-27(29(23,25)5)18(3)30(35-24)12-9-17(2)16-33-30/h14,17-22,24-25,27,31H,6-13,15-16H2,1-5H3/t17-,18-,19-,20-,21+,22-,24-,25-,27-,28-,29+,30+/m0/s1. The van der Waals surface area contributed by atoms with Gasteiger partial charge in [-0.15, -0.1) is 0 Å². The van der Waals surface area contributed by atoms with Gasteiger partial charge < -0.3 is 19.3 Å². The summed E-state index contributed by atoms with van der Waals surface area (Å²) >= 11 is 0. The molecule has 12 atom stereocenters. The molecule has 0 radical (unpaired) electrons. The smallest absolute Gasteiger partial charge is 0.305 e. The van der Waals surface area contributed by atoms with Crippen LogP contribution in [0.4, 0.5) is 0 Å². The molecule has 0 unspecified atom stereocenters. The van der Waals surface area contributed by atoms with Crippen molar-refractivity contribution in [3.8, 4) is 0 Å². The Morgan fingerprint density at radius 2 is 1.94 bits per heavy atom. The van der Waals surface area contributed by atoms with Crippen LogP contribution in [0.15, 0.2) is 11.6 Å². The molecule has 0 aromatic rings. The molecular weight excluding hydrogens is 440 g/mol. The normalized spacial score (nSPS) is 54.9. The van der Waals surface area contributed by atoms with Crippen LogP contribution in [-0.4, -0.2) is 41.8 Å². The molecule has 4 aliphatic carbocycles. The summed E-state index contributed by atoms with van der Waals surface area (Å²) in [6.45, 7) is 12.1. The number of carbonyl (C=O) groups excluding carboxylic acids is 1. The van der Waals surface area contributed by atoms with Crippen LogP contribution < -0.4 is 0 Å². The summed E-state index contributed by atoms with van der Waals surface area (Å²) in [6, 6.07) is 0. The Hall–Kier alpha value is -0.910. The molecule has 5 fully saturated rings. The van der Waals surface area contributed by atoms with Crippen molar-refractivity contribution in [2.75, 3.05) is 6.61 Å². The molecule has 0 bridgehead atoms. The van der Waals surface area contributed by atoms with Crippen LogP contribution in [0.2, 0.25) is 0 Å². The van der Waals surface area contributed by atoms with Gasteiger partial charge >= 0.3 is 5.97 Å². The molecule has 5 heteroatoms. The molecule has 6 rings (SSSR count). The first kappa shape index (κ1) is 24.4. The van der Waals surface area contributed by atoms with E-state index in [1.807, 2.05) is 6.92 Å². The summed E-state index contributed by atoms with van der Waals surface area (Å²) in [6.07, 6.45) is 11.0. The number of hydrogen-bond donors (Lipinski definition) is 1. The van der Waals surface area contributed by atoms with E-state index in [1.54, 1.807) is 0 Å². The van der Waals surface area contributed by atoms with Crippen LogP contribution in [0.25, 0.3) is 0 Å². The second-order valence-electron chi connectivity index (χ2n) is 13.6. The Bertz CT molecular complexity index is 889. The first-order chi connectivity index (χ1) is 16.6. The van der Waals surface area contributed by atoms with Gasteiger partial charge in [-0.25, -0.2) is 0 Å². The number of rotatable bonds is 2. The number of fused-ring (bicyclic) bond motifs is 7. The van der Waals surface area contributed by atoms with Crippen LogP contribution in [-0.2, 0) is 19.0 Å². The SMILES string of the molecule is CCC(=O)O[C@H]1C[C@H]2[C@@H](CC[C@H]3C[C@@H](O)CC[C@@]32C)C2=C[C@@H]3O[C@]4(CC[C@H](C)CO4)[C@@H](C)[C@@H]3[C@]21C. The predicted molar refractivity (Wildman–Crippen MR) is 133 cm³/mol. The third kappa shape index (κ3) is 3.39. The zero-order valence-corrected chi connectivity index (χ0v) is 22.4. The van der Waals surface area contributed by atoms with Crippen LogP contribution in [0, 0.1) is 46.3 Å². The highest BCUT2D eigenvalue weighted by Crippen LogP contribution is 2.70. The molecule has 2 saturated heterocycles. The van der Waals surface area contributed by atoms with E-state index >= 15 is 0 Å². The number of carbonyl (C=O) groups is 1. The van der Waals surface area contributed by atoms with Gasteiger partial charge in [-0.3, -0.25) is 4.79 Å². The van der Waals surface area contributed by atoms with Crippen LogP contribution in [0.5, 0.6) is 0 Å². The van der Waals surface area contributed by atoms with Crippen LogP contribution in [0.1, 0.15) is 92.4 Å². The van der Waals surface area contributed by atoms with Gasteiger partial charge in [0.1, 0.15) is 6.10 Å². The molecule has 2 aliphatic heterocycles. The minimum absolute atomic E-state index is 0.0405. The van der Waals surface area contributed by atoms with Gasteiger partial charge in [0.25, 0.3) is 0 Å². The quantitative estimate of drug-likeness (QED) is 0.404. The van der Waals surface area contributed by atoms with Gasteiger partial charge in [0.2, 0.25) is 0 Å². The molecule has 6 aliphatic rings. The molecule has 3 saturated carbocycles. The fraction of sp³-hybridized carbons (Fsp3) is 0.900. The zero-order chi connectivity index (χ0) is 24.8. The summed E-state index contributed by atoms with van der Waals surface area (Å²) in [5, 5.41) is 10.4. The lowest BCUT2D eigenvalue weighted by atomic mass is 9.45. The molecule has 196 valence electrons. The highest BCUT2D eigenvalue weighted by atomic mass is 16.7. The first-order valence-corrected chi connectivity index (χ1v) is 14.5. The summed E-state index contributed by atoms with van der Waals surface area (Å²) in [5.74, 6) is 2.13. The van der Waals surface area contributed by atoms with Gasteiger partial charge in [-0.05, 0) is 74.0 Å². The summed E-state index contributed by atoms with van der Waals surface area (Å²) in [7, 11) is 0. The summed E-state index contributed by atoms with van der Waals surface area (Å²) in [4.78, 5) is 12.8. The molecule has 5 nitrogen and oxygen atoms in total. The van der Waals surface area contributed by atoms with Crippen molar-refractivity contribution in [2.45, 2.75) is 117 Å². The summed E-state index contributed by atoms with van der Waals surface area (Å²) in [5.41, 5.74) is 1.51. The third-order valence-corrected chi connectivity index (χ3v) is 11.9. The molecule has 35 heavy (non-hydrogen) atoms. The van der Waals surface area contributed by atoms with Crippen molar-refractivity contribution in [1.82, 2.24) is 0 Å². The summed E-state index contributed by atoms with van der Waals surface area (Å²) < 4.78 is 19.7. The Morgan fingerprint density at radius 1 is 1.14 bits per heavy atom. The fourth-order valence-corrected chi connectivity index (χ4v) is 9.85. The third-order valence-electron chi connectivity index (χ3n) is 11.9. The number of esters is 1. The van der Waals surface area contributed by atoms with Crippen molar-refractivity contribution < 1.29 is 24.1 Å². The second-order valence-corrected chi connectivity index (χ2v) is 13.6. The van der Waals surface area contributed by atoms with Gasteiger partial charge in [0, 0.05) is 30.1 Å². The Kier molecular flexibility index (Phi) is 5.79. The average Bonchev–Trinajstić information content (AvgIpc) is 3.28. The molecule has 1 N–H and O–H groups in total. The number of hydrogen-bond acceptors (Lipinski definition) is 5. The highest BCUT2D eigenvalue weighted by Gasteiger charge is 2.69. The average molecular weight is 487 g/mol. The number of aliphatic hydroxyl groups excluding tert-OH is 1. The van der Waals surface area contributed by atoms with Crippen LogP contribution >= 0.6 is 0 Å². The largest absolute Gasteiger partial charge is 0.461 e. The van der Waals surface area contributed by atoms with Crippen molar-refractivity contribution in [3.63, 3.8) is 0 Å². The topological polar surface area (TPSA) is 65.0 Å². The van der Waals surface area contributed by atoms with Crippen molar-refractivity contribution >= 4 is 5.97 Å². The molecular formula is C30H46O5. The molecule has 1 spiro atoms. The van der Waals surface area contributed by atoms with Gasteiger partial charge in [0.15, 0.2) is 5.79 Å². The lowest BCUT2D eigenvalue weighted by Crippen LogP contribution is -2.58. The maximum Gasteiger partial charge on any atom is 0.305 e. The molecule has 0 aromatic carbocycles. The zero-order valence-electron chi connectivity index (χ0n) is 22.4. The lowest BCUT2D eigenvalue weighted by molar-refractivity contribution is -0.265. The fourth-order valence-electron chi connectivity index (χ4n) is 9.85. The second kappa shape index (κ2) is 8.30. The van der Waals surface area contributed by atoms with Crippen LogP contribution in [0.3, 0.4) is 0 Å². The van der Waals surface area contributed by atoms with Crippen molar-refractivity contribution in [1.29, 1.82) is 0 Å². The number of ether oxygens (including phenoxy) is 3. The van der Waals surface area contributed by atoms with E-state index in [0.29, 0.717) is 30.1 Å². The number of aliphatic hydroxyl groups is 1. The molecule has 0 amide bonds. The van der Waals surface area contributed by atoms with E-state index in [4.69, 9.17) is 14.2 Å². The maximum absolute atomic E-state index is 12.8. The predicted octanol–water partition coefficient (Wildman–Crippen LogP) is 5.65. The van der Waals surface area contributed by atoms with E-state index < -0.39 is 5.79 Å². The van der Waals surface area contributed by atoms with E-state index in [-0.39, 0.29) is 46.9 Å². The van der Waals surface area contributed by atoms with Crippen molar-refractivity contribution in [2.24, 2.45) is 46.3 Å². The van der Waals surface area contributed by atoms with Gasteiger partial charge in [0.05, 0.1) is 18.8 Å². The Balaban J connectivity index is 1.38.